The number of methoxy groups -OCH3 is 1. The van der Waals surface area contributed by atoms with Gasteiger partial charge in [0.2, 0.25) is 0 Å². The molecule has 0 saturated heterocycles. The molecule has 3 nitrogen and oxygen atoms in total. The Hall–Kier alpha value is -2.00. The van der Waals surface area contributed by atoms with E-state index in [0.717, 1.165) is 24.5 Å². The van der Waals surface area contributed by atoms with Crippen molar-refractivity contribution in [2.24, 2.45) is 0 Å². The van der Waals surface area contributed by atoms with E-state index in [0.29, 0.717) is 6.61 Å². The highest BCUT2D eigenvalue weighted by molar-refractivity contribution is 5.48. The molecule has 2 aromatic carbocycles. The second-order valence-corrected chi connectivity index (χ2v) is 7.64. The Morgan fingerprint density at radius 2 is 1.92 bits per heavy atom. The van der Waals surface area contributed by atoms with Crippen molar-refractivity contribution in [1.82, 2.24) is 5.32 Å². The van der Waals surface area contributed by atoms with E-state index in [2.05, 4.69) is 62.5 Å². The molecule has 1 unspecified atom stereocenters. The highest BCUT2D eigenvalue weighted by Crippen LogP contribution is 2.37. The van der Waals surface area contributed by atoms with Crippen LogP contribution in [0.2, 0.25) is 0 Å². The number of hydrogen-bond acceptors (Lipinski definition) is 3. The van der Waals surface area contributed by atoms with Gasteiger partial charge in [0.05, 0.1) is 19.8 Å². The van der Waals surface area contributed by atoms with E-state index in [9.17, 15) is 0 Å². The first-order valence-corrected chi connectivity index (χ1v) is 9.11. The highest BCUT2D eigenvalue weighted by Gasteiger charge is 2.25. The Morgan fingerprint density at radius 1 is 1.12 bits per heavy atom. The van der Waals surface area contributed by atoms with Crippen LogP contribution < -0.4 is 14.8 Å². The molecule has 1 aliphatic rings. The van der Waals surface area contributed by atoms with Crippen LogP contribution in [0, 0.1) is 0 Å². The average molecular weight is 339 g/mol. The lowest BCUT2D eigenvalue weighted by molar-refractivity contribution is 0.339. The molecule has 2 aromatic rings. The molecule has 0 aromatic heterocycles. The summed E-state index contributed by atoms with van der Waals surface area (Å²) in [4.78, 5) is 0. The zero-order chi connectivity index (χ0) is 18.0. The first kappa shape index (κ1) is 17.8. The molecule has 3 heteroatoms. The number of nitrogens with one attached hydrogen (secondary N) is 1. The monoisotopic (exact) mass is 339 g/mol. The summed E-state index contributed by atoms with van der Waals surface area (Å²) in [5, 5.41) is 3.68. The summed E-state index contributed by atoms with van der Waals surface area (Å²) in [6.45, 7) is 10.4. The first-order valence-electron chi connectivity index (χ1n) is 9.11. The van der Waals surface area contributed by atoms with Crippen molar-refractivity contribution < 1.29 is 9.47 Å². The molecule has 1 atom stereocenters. The molecule has 1 aliphatic heterocycles. The molecule has 0 spiro atoms. The molecule has 0 saturated carbocycles. The van der Waals surface area contributed by atoms with Crippen molar-refractivity contribution in [1.29, 1.82) is 0 Å². The minimum Gasteiger partial charge on any atom is -0.496 e. The quantitative estimate of drug-likeness (QED) is 0.881. The van der Waals surface area contributed by atoms with Gasteiger partial charge in [-0.2, -0.15) is 0 Å². The molecule has 1 N–H and O–H groups in total. The Morgan fingerprint density at radius 3 is 2.60 bits per heavy atom. The number of hydrogen-bond donors (Lipinski definition) is 1. The third-order valence-corrected chi connectivity index (χ3v) is 4.84. The third-order valence-electron chi connectivity index (χ3n) is 4.84. The second-order valence-electron chi connectivity index (χ2n) is 7.64. The fourth-order valence-electron chi connectivity index (χ4n) is 3.59. The summed E-state index contributed by atoms with van der Waals surface area (Å²) in [5.74, 6) is 1.92. The van der Waals surface area contributed by atoms with E-state index < -0.39 is 0 Å². The van der Waals surface area contributed by atoms with Crippen LogP contribution in [0.3, 0.4) is 0 Å². The molecule has 0 bridgehead atoms. The van der Waals surface area contributed by atoms with Crippen LogP contribution in [0.5, 0.6) is 11.5 Å². The van der Waals surface area contributed by atoms with Gasteiger partial charge in [0.1, 0.15) is 11.5 Å². The Labute approximate surface area is 151 Å². The fraction of sp³-hybridized carbons (Fsp3) is 0.455. The fourth-order valence-corrected chi connectivity index (χ4v) is 3.59. The van der Waals surface area contributed by atoms with Gasteiger partial charge in [-0.1, -0.05) is 32.9 Å². The van der Waals surface area contributed by atoms with Crippen LogP contribution in [-0.4, -0.2) is 20.3 Å². The van der Waals surface area contributed by atoms with Crippen molar-refractivity contribution in [2.75, 3.05) is 20.3 Å². The molecule has 25 heavy (non-hydrogen) atoms. The summed E-state index contributed by atoms with van der Waals surface area (Å²) in [5.41, 5.74) is 5.29. The van der Waals surface area contributed by atoms with E-state index >= 15 is 0 Å². The van der Waals surface area contributed by atoms with Crippen molar-refractivity contribution >= 4 is 0 Å². The second kappa shape index (κ2) is 7.09. The Bertz CT molecular complexity index is 746. The van der Waals surface area contributed by atoms with Crippen molar-refractivity contribution in [3.05, 3.63) is 58.7 Å². The molecule has 0 radical (unpaired) electrons. The van der Waals surface area contributed by atoms with Crippen LogP contribution >= 0.6 is 0 Å². The van der Waals surface area contributed by atoms with Gasteiger partial charge in [0.15, 0.2) is 0 Å². The van der Waals surface area contributed by atoms with Crippen LogP contribution in [0.4, 0.5) is 0 Å². The number of ether oxygens (including phenoxy) is 2. The van der Waals surface area contributed by atoms with Crippen molar-refractivity contribution in [3.8, 4) is 11.5 Å². The maximum atomic E-state index is 5.67. The van der Waals surface area contributed by atoms with Gasteiger partial charge in [0, 0.05) is 6.54 Å². The van der Waals surface area contributed by atoms with E-state index in [4.69, 9.17) is 9.47 Å². The topological polar surface area (TPSA) is 30.5 Å². The maximum absolute atomic E-state index is 5.67. The molecule has 0 fully saturated rings. The van der Waals surface area contributed by atoms with E-state index in [1.165, 1.54) is 22.3 Å². The van der Waals surface area contributed by atoms with Crippen LogP contribution in [0.1, 0.15) is 56.0 Å². The summed E-state index contributed by atoms with van der Waals surface area (Å²) in [6.07, 6.45) is 1.04. The van der Waals surface area contributed by atoms with Gasteiger partial charge in [-0.05, 0) is 65.3 Å². The first-order chi connectivity index (χ1) is 11.9. The molecule has 3 rings (SSSR count). The molecular formula is C22H29NO2. The van der Waals surface area contributed by atoms with Gasteiger partial charge in [0.25, 0.3) is 0 Å². The van der Waals surface area contributed by atoms with E-state index in [1.807, 2.05) is 6.92 Å². The largest absolute Gasteiger partial charge is 0.496 e. The average Bonchev–Trinajstić information content (AvgIpc) is 2.60. The van der Waals surface area contributed by atoms with Crippen LogP contribution in [0.25, 0.3) is 0 Å². The Kier molecular flexibility index (Phi) is 5.05. The maximum Gasteiger partial charge on any atom is 0.122 e. The minimum atomic E-state index is 0.0394. The predicted octanol–water partition coefficient (Wildman–Crippen LogP) is 4.63. The number of rotatable bonds is 4. The van der Waals surface area contributed by atoms with Crippen molar-refractivity contribution in [2.45, 2.75) is 45.6 Å². The normalized spacial score (nSPS) is 17.1. The van der Waals surface area contributed by atoms with Gasteiger partial charge in [-0.15, -0.1) is 0 Å². The summed E-state index contributed by atoms with van der Waals surface area (Å²) in [7, 11) is 1.74. The summed E-state index contributed by atoms with van der Waals surface area (Å²) >= 11 is 0. The van der Waals surface area contributed by atoms with Crippen molar-refractivity contribution in [3.63, 3.8) is 0 Å². The van der Waals surface area contributed by atoms with Gasteiger partial charge < -0.3 is 14.8 Å². The van der Waals surface area contributed by atoms with E-state index in [-0.39, 0.29) is 11.5 Å². The number of fused-ring (bicyclic) bond motifs is 1. The molecule has 134 valence electrons. The highest BCUT2D eigenvalue weighted by atomic mass is 16.5. The third kappa shape index (κ3) is 3.67. The molecule has 0 amide bonds. The SMILES string of the molecule is CCOc1ccc2c(c1)CCNC2c1ccc(OC)c(C(C)(C)C)c1. The van der Waals surface area contributed by atoms with E-state index in [1.54, 1.807) is 7.11 Å². The van der Waals surface area contributed by atoms with Gasteiger partial charge >= 0.3 is 0 Å². The Balaban J connectivity index is 2.01. The van der Waals surface area contributed by atoms with Crippen LogP contribution in [0.15, 0.2) is 36.4 Å². The lowest BCUT2D eigenvalue weighted by Gasteiger charge is -2.30. The van der Waals surface area contributed by atoms with Gasteiger partial charge in [-0.25, -0.2) is 0 Å². The smallest absolute Gasteiger partial charge is 0.122 e. The molecule has 0 aliphatic carbocycles. The lowest BCUT2D eigenvalue weighted by atomic mass is 9.82. The minimum absolute atomic E-state index is 0.0394. The predicted molar refractivity (Wildman–Crippen MR) is 103 cm³/mol. The molecular weight excluding hydrogens is 310 g/mol. The lowest BCUT2D eigenvalue weighted by Crippen LogP contribution is -2.31. The summed E-state index contributed by atoms with van der Waals surface area (Å²) in [6, 6.07) is 13.3. The summed E-state index contributed by atoms with van der Waals surface area (Å²) < 4.78 is 11.3. The molecule has 1 heterocycles. The van der Waals surface area contributed by atoms with Crippen LogP contribution in [-0.2, 0) is 11.8 Å². The zero-order valence-corrected chi connectivity index (χ0v) is 16.0. The zero-order valence-electron chi connectivity index (χ0n) is 16.0. The number of benzene rings is 2. The van der Waals surface area contributed by atoms with Gasteiger partial charge in [-0.3, -0.25) is 0 Å². The standard InChI is InChI=1S/C22H29NO2/c1-6-25-17-8-9-18-15(13-17)11-12-23-21(18)16-7-10-20(24-5)19(14-16)22(2,3)4/h7-10,13-14,21,23H,6,11-12H2,1-5H3.